The molecule has 2 aliphatic heterocycles. The molecule has 0 N–H and O–H groups in total. The summed E-state index contributed by atoms with van der Waals surface area (Å²) in [4.78, 5) is 44.5. The Bertz CT molecular complexity index is 1980. The molecule has 52 heavy (non-hydrogen) atoms. The molecule has 7 atom stereocenters. The highest BCUT2D eigenvalue weighted by Crippen LogP contribution is 2.62. The molecule has 0 bridgehead atoms. The Labute approximate surface area is 311 Å². The number of hydrogen-bond acceptors (Lipinski definition) is 8. The van der Waals surface area contributed by atoms with Gasteiger partial charge in [0.05, 0.1) is 44.0 Å². The fourth-order valence-corrected chi connectivity index (χ4v) is 8.69. The van der Waals surface area contributed by atoms with Crippen molar-refractivity contribution in [2.75, 3.05) is 25.7 Å². The van der Waals surface area contributed by atoms with Crippen LogP contribution < -0.4 is 9.64 Å². The lowest BCUT2D eigenvalue weighted by Gasteiger charge is -2.43. The van der Waals surface area contributed by atoms with Crippen LogP contribution in [0.15, 0.2) is 54.6 Å². The van der Waals surface area contributed by atoms with Crippen molar-refractivity contribution in [1.29, 1.82) is 5.26 Å². The van der Waals surface area contributed by atoms with Gasteiger partial charge in [-0.2, -0.15) is 5.26 Å². The van der Waals surface area contributed by atoms with E-state index in [4.69, 9.17) is 37.4 Å². The van der Waals surface area contributed by atoms with E-state index in [2.05, 4.69) is 6.07 Å². The first-order valence-corrected chi connectivity index (χ1v) is 17.7. The smallest absolute Gasteiger partial charge is 0.341 e. The standard InChI is InChI=1S/C39H39Cl2F2N3O6/c1-7-52-37(49)25-17-24(25)34-45(21-12-13-22(36(48)51-6)29(16-21)50-5)35(47)33-31(23-9-8-10-27(41)32(23)43)39(19-44,26-14-11-20(40)15-28(26)42)30(46(33)34)18-38(2,3)4/h8-16,24-25,30-31,33-34H,7,17-18H2,1-6H3/t24-,25?,30-,31-,33+,34-,39-/m0/s1. The number of hydrogen-bond donors (Lipinski definition) is 0. The molecular weight excluding hydrogens is 715 g/mol. The fraction of sp³-hybridized carbons (Fsp3) is 0.436. The van der Waals surface area contributed by atoms with Crippen LogP contribution in [0.3, 0.4) is 0 Å². The monoisotopic (exact) mass is 753 g/mol. The molecule has 3 aliphatic rings. The van der Waals surface area contributed by atoms with Crippen LogP contribution in [-0.4, -0.2) is 61.8 Å². The summed E-state index contributed by atoms with van der Waals surface area (Å²) in [5, 5.41) is 11.4. The number of ether oxygens (including phenoxy) is 3. The number of rotatable bonds is 9. The summed E-state index contributed by atoms with van der Waals surface area (Å²) in [6, 6.07) is 13.3. The Morgan fingerprint density at radius 1 is 1.08 bits per heavy atom. The Hall–Kier alpha value is -4.24. The summed E-state index contributed by atoms with van der Waals surface area (Å²) < 4.78 is 48.7. The zero-order chi connectivity index (χ0) is 37.9. The average Bonchev–Trinajstić information content (AvgIpc) is 3.78. The number of amides is 1. The Balaban J connectivity index is 1.66. The normalized spacial score (nSPS) is 26.9. The molecule has 1 aliphatic carbocycles. The van der Waals surface area contributed by atoms with Gasteiger partial charge in [0.15, 0.2) is 0 Å². The van der Waals surface area contributed by atoms with Crippen LogP contribution in [0.5, 0.6) is 5.75 Å². The number of methoxy groups -OCH3 is 2. The van der Waals surface area contributed by atoms with E-state index in [1.54, 1.807) is 13.0 Å². The molecule has 274 valence electrons. The number of fused-ring (bicyclic) bond motifs is 1. The van der Waals surface area contributed by atoms with Gasteiger partial charge in [-0.15, -0.1) is 0 Å². The number of anilines is 1. The van der Waals surface area contributed by atoms with Gasteiger partial charge in [-0.3, -0.25) is 19.4 Å². The molecule has 1 saturated carbocycles. The summed E-state index contributed by atoms with van der Waals surface area (Å²) in [7, 11) is 2.62. The average molecular weight is 755 g/mol. The number of halogens is 4. The molecular formula is C39H39Cl2F2N3O6. The molecule has 2 heterocycles. The third kappa shape index (κ3) is 6.08. The second-order valence-electron chi connectivity index (χ2n) is 14.7. The van der Waals surface area contributed by atoms with Crippen LogP contribution in [0, 0.1) is 40.2 Å². The van der Waals surface area contributed by atoms with Crippen molar-refractivity contribution in [2.24, 2.45) is 17.3 Å². The zero-order valence-electron chi connectivity index (χ0n) is 29.6. The van der Waals surface area contributed by atoms with Gasteiger partial charge in [-0.1, -0.05) is 62.2 Å². The minimum atomic E-state index is -1.85. The maximum atomic E-state index is 16.4. The van der Waals surface area contributed by atoms with Crippen LogP contribution in [0.25, 0.3) is 0 Å². The van der Waals surface area contributed by atoms with Crippen molar-refractivity contribution in [3.8, 4) is 11.8 Å². The maximum absolute atomic E-state index is 16.4. The molecule has 0 radical (unpaired) electrons. The Morgan fingerprint density at radius 3 is 2.42 bits per heavy atom. The van der Waals surface area contributed by atoms with Crippen molar-refractivity contribution in [2.45, 2.75) is 70.1 Å². The van der Waals surface area contributed by atoms with Crippen LogP contribution in [0.2, 0.25) is 10.0 Å². The van der Waals surface area contributed by atoms with Gasteiger partial charge in [0.1, 0.15) is 34.4 Å². The quantitative estimate of drug-likeness (QED) is 0.205. The predicted octanol–water partition coefficient (Wildman–Crippen LogP) is 7.67. The third-order valence-corrected chi connectivity index (χ3v) is 11.0. The minimum absolute atomic E-state index is 0.0277. The van der Waals surface area contributed by atoms with Crippen LogP contribution in [0.4, 0.5) is 14.5 Å². The molecule has 3 aromatic carbocycles. The van der Waals surface area contributed by atoms with Gasteiger partial charge in [0.25, 0.3) is 0 Å². The van der Waals surface area contributed by atoms with E-state index in [0.717, 1.165) is 6.07 Å². The Kier molecular flexibility index (Phi) is 10.1. The van der Waals surface area contributed by atoms with Gasteiger partial charge in [-0.25, -0.2) is 13.6 Å². The molecule has 3 aromatic rings. The van der Waals surface area contributed by atoms with E-state index in [-0.39, 0.29) is 45.5 Å². The molecule has 1 amide bonds. The minimum Gasteiger partial charge on any atom is -0.496 e. The van der Waals surface area contributed by atoms with Crippen molar-refractivity contribution in [1.82, 2.24) is 4.90 Å². The highest BCUT2D eigenvalue weighted by molar-refractivity contribution is 6.31. The second-order valence-corrected chi connectivity index (χ2v) is 15.5. The molecule has 3 fully saturated rings. The highest BCUT2D eigenvalue weighted by Gasteiger charge is 2.72. The van der Waals surface area contributed by atoms with Crippen LogP contribution in [-0.2, 0) is 24.5 Å². The van der Waals surface area contributed by atoms with E-state index in [9.17, 15) is 14.9 Å². The zero-order valence-corrected chi connectivity index (χ0v) is 31.1. The van der Waals surface area contributed by atoms with E-state index in [1.807, 2.05) is 25.7 Å². The molecule has 13 heteroatoms. The lowest BCUT2D eigenvalue weighted by atomic mass is 9.62. The van der Waals surface area contributed by atoms with E-state index in [1.165, 1.54) is 61.6 Å². The number of carbonyl (C=O) groups excluding carboxylic acids is 3. The maximum Gasteiger partial charge on any atom is 0.341 e. The van der Waals surface area contributed by atoms with Crippen LogP contribution >= 0.6 is 23.2 Å². The number of carbonyl (C=O) groups is 3. The number of nitriles is 1. The SMILES string of the molecule is CCOC(=O)C1C[C@@H]1[C@H]1N(c2ccc(C(=O)OC)c(OC)c2)C(=O)[C@H]2[C@H](c3cccc(Cl)c3F)[C@@](C#N)(c3ccc(Cl)cc3F)[C@H](CC(C)(C)C)N21. The highest BCUT2D eigenvalue weighted by atomic mass is 35.5. The first-order chi connectivity index (χ1) is 24.6. The topological polar surface area (TPSA) is 109 Å². The Morgan fingerprint density at radius 2 is 1.81 bits per heavy atom. The van der Waals surface area contributed by atoms with Gasteiger partial charge in [-0.05, 0) is 61.1 Å². The first-order valence-electron chi connectivity index (χ1n) is 17.0. The molecule has 6 rings (SSSR count). The summed E-state index contributed by atoms with van der Waals surface area (Å²) in [5.41, 5.74) is -1.95. The fourth-order valence-electron chi connectivity index (χ4n) is 8.35. The van der Waals surface area contributed by atoms with Crippen molar-refractivity contribution < 1.29 is 37.4 Å². The third-order valence-electron chi connectivity index (χ3n) is 10.4. The van der Waals surface area contributed by atoms with E-state index in [0.29, 0.717) is 12.1 Å². The lowest BCUT2D eigenvalue weighted by Crippen LogP contribution is -2.53. The van der Waals surface area contributed by atoms with Gasteiger partial charge >= 0.3 is 11.9 Å². The van der Waals surface area contributed by atoms with E-state index >= 15 is 13.6 Å². The summed E-state index contributed by atoms with van der Waals surface area (Å²) in [6.07, 6.45) is -0.249. The first kappa shape index (κ1) is 37.5. The van der Waals surface area contributed by atoms with Gasteiger partial charge in [0.2, 0.25) is 5.91 Å². The van der Waals surface area contributed by atoms with Crippen molar-refractivity contribution in [3.63, 3.8) is 0 Å². The number of benzene rings is 3. The molecule has 1 unspecified atom stereocenters. The molecule has 2 saturated heterocycles. The number of nitrogens with zero attached hydrogens (tertiary/aromatic N) is 3. The summed E-state index contributed by atoms with van der Waals surface area (Å²) >= 11 is 12.6. The molecule has 0 aromatic heterocycles. The van der Waals surface area contributed by atoms with Gasteiger partial charge < -0.3 is 14.2 Å². The molecule has 9 nitrogen and oxygen atoms in total. The van der Waals surface area contributed by atoms with Crippen molar-refractivity contribution in [3.05, 3.63) is 93.0 Å². The lowest BCUT2D eigenvalue weighted by molar-refractivity contribution is -0.145. The van der Waals surface area contributed by atoms with Gasteiger partial charge in [0, 0.05) is 40.2 Å². The molecule has 0 spiro atoms. The summed E-state index contributed by atoms with van der Waals surface area (Å²) in [5.74, 6) is -5.41. The number of esters is 2. The predicted molar refractivity (Wildman–Crippen MR) is 190 cm³/mol. The largest absolute Gasteiger partial charge is 0.496 e. The summed E-state index contributed by atoms with van der Waals surface area (Å²) in [6.45, 7) is 7.77. The van der Waals surface area contributed by atoms with Crippen molar-refractivity contribution >= 4 is 46.7 Å². The van der Waals surface area contributed by atoms with E-state index < -0.39 is 76.3 Å². The second kappa shape index (κ2) is 14.0. The van der Waals surface area contributed by atoms with Crippen LogP contribution in [0.1, 0.15) is 67.9 Å².